The summed E-state index contributed by atoms with van der Waals surface area (Å²) in [6.07, 6.45) is 2.23. The highest BCUT2D eigenvalue weighted by atomic mass is 16.6. The zero-order valence-electron chi connectivity index (χ0n) is 28.6. The average Bonchev–Trinajstić information content (AvgIpc) is 3.41. The molecule has 1 aliphatic rings. The number of amides is 3. The minimum Gasteiger partial charge on any atom is -0.444 e. The van der Waals surface area contributed by atoms with Crippen molar-refractivity contribution in [2.24, 2.45) is 5.41 Å². The van der Waals surface area contributed by atoms with Gasteiger partial charge in [-0.3, -0.25) is 0 Å². The van der Waals surface area contributed by atoms with E-state index in [4.69, 9.17) is 9.72 Å². The molecule has 0 radical (unpaired) electrons. The topological polar surface area (TPSA) is 91.7 Å². The molecular weight excluding hydrogens is 564 g/mol. The van der Waals surface area contributed by atoms with E-state index >= 15 is 0 Å². The first-order valence-electron chi connectivity index (χ1n) is 16.3. The predicted molar refractivity (Wildman–Crippen MR) is 182 cm³/mol. The molecule has 1 saturated heterocycles. The number of alkyl carbamates (subject to hydrolysis) is 1. The van der Waals surface area contributed by atoms with Gasteiger partial charge in [-0.2, -0.15) is 0 Å². The van der Waals surface area contributed by atoms with Crippen LogP contribution in [0.25, 0.3) is 11.3 Å². The van der Waals surface area contributed by atoms with Gasteiger partial charge in [0, 0.05) is 57.6 Å². The van der Waals surface area contributed by atoms with E-state index in [1.807, 2.05) is 80.8 Å². The molecule has 3 aromatic rings. The average molecular weight is 619 g/mol. The van der Waals surface area contributed by atoms with Gasteiger partial charge in [0.25, 0.3) is 0 Å². The molecule has 1 atom stereocenters. The Kier molecular flexibility index (Phi) is 13.0. The first kappa shape index (κ1) is 35.6. The molecule has 2 heterocycles. The smallest absolute Gasteiger partial charge is 0.407 e. The van der Waals surface area contributed by atoms with Crippen LogP contribution in [0, 0.1) is 5.41 Å². The van der Waals surface area contributed by atoms with Crippen molar-refractivity contribution >= 4 is 12.1 Å². The van der Waals surface area contributed by atoms with E-state index in [-0.39, 0.29) is 17.5 Å². The number of benzene rings is 2. The van der Waals surface area contributed by atoms with Gasteiger partial charge in [-0.25, -0.2) is 14.6 Å². The van der Waals surface area contributed by atoms with Gasteiger partial charge in [0.2, 0.25) is 0 Å². The highest BCUT2D eigenvalue weighted by Crippen LogP contribution is 2.39. The van der Waals surface area contributed by atoms with Crippen molar-refractivity contribution in [3.05, 3.63) is 78.2 Å². The maximum absolute atomic E-state index is 14.3. The van der Waals surface area contributed by atoms with Crippen LogP contribution in [0.4, 0.5) is 9.59 Å². The summed E-state index contributed by atoms with van der Waals surface area (Å²) in [6.45, 7) is 20.3. The Morgan fingerprint density at radius 2 is 1.56 bits per heavy atom. The number of hydrogen-bond acceptors (Lipinski definition) is 5. The number of nitrogens with one attached hydrogen (secondary N) is 2. The molecule has 1 fully saturated rings. The lowest BCUT2D eigenvalue weighted by Gasteiger charge is -2.43. The number of aromatic nitrogens is 2. The molecule has 1 aromatic heterocycles. The van der Waals surface area contributed by atoms with Crippen molar-refractivity contribution in [1.82, 2.24) is 30.0 Å². The van der Waals surface area contributed by atoms with E-state index in [2.05, 4.69) is 66.4 Å². The minimum atomic E-state index is -0.571. The van der Waals surface area contributed by atoms with Crippen LogP contribution in [0.2, 0.25) is 0 Å². The fourth-order valence-corrected chi connectivity index (χ4v) is 5.42. The number of urea groups is 1. The SMILES string of the molecule is CC.CC(C)(C)OC(=O)NCCCN(C(=O)N1CCNCC1)C(c1nc(-c2ccccc2)cn1Cc1ccccc1)C(C)(C)C. The summed E-state index contributed by atoms with van der Waals surface area (Å²) in [4.78, 5) is 35.7. The van der Waals surface area contributed by atoms with Gasteiger partial charge in [-0.15, -0.1) is 0 Å². The van der Waals surface area contributed by atoms with Crippen LogP contribution in [-0.2, 0) is 11.3 Å². The standard InChI is InChI=1S/C34H48N6O3.C2H6/c1-33(2,3)29(30-37-28(27-16-11-8-12-17-27)25-39(30)24-26-14-9-7-10-15-26)40(32(42)38-22-19-35-20-23-38)21-13-18-36-31(41)43-34(4,5)6;1-2/h7-12,14-17,25,29,35H,13,18-24H2,1-6H3,(H,36,41);1-2H3. The Morgan fingerprint density at radius 3 is 2.13 bits per heavy atom. The molecule has 9 heteroatoms. The van der Waals surface area contributed by atoms with Crippen LogP contribution >= 0.6 is 0 Å². The van der Waals surface area contributed by atoms with E-state index < -0.39 is 11.7 Å². The molecule has 2 aromatic carbocycles. The Morgan fingerprint density at radius 1 is 0.956 bits per heavy atom. The number of carbonyl (C=O) groups is 2. The maximum atomic E-state index is 14.3. The van der Waals surface area contributed by atoms with Gasteiger partial charge >= 0.3 is 12.1 Å². The molecule has 0 aliphatic carbocycles. The van der Waals surface area contributed by atoms with Gasteiger partial charge < -0.3 is 29.7 Å². The number of imidazole rings is 1. The highest BCUT2D eigenvalue weighted by Gasteiger charge is 2.40. The number of rotatable bonds is 9. The summed E-state index contributed by atoms with van der Waals surface area (Å²) in [6, 6.07) is 20.2. The lowest BCUT2D eigenvalue weighted by Crippen LogP contribution is -2.54. The lowest BCUT2D eigenvalue weighted by molar-refractivity contribution is 0.0520. The van der Waals surface area contributed by atoms with Gasteiger partial charge in [0.1, 0.15) is 11.4 Å². The number of carbonyl (C=O) groups excluding carboxylic acids is 2. The number of piperazine rings is 1. The summed E-state index contributed by atoms with van der Waals surface area (Å²) in [5.41, 5.74) is 2.16. The third-order valence-corrected chi connectivity index (χ3v) is 7.33. The van der Waals surface area contributed by atoms with Gasteiger partial charge in [-0.1, -0.05) is 95.3 Å². The highest BCUT2D eigenvalue weighted by molar-refractivity contribution is 5.75. The maximum Gasteiger partial charge on any atom is 0.407 e. The molecule has 1 aliphatic heterocycles. The predicted octanol–water partition coefficient (Wildman–Crippen LogP) is 6.95. The second kappa shape index (κ2) is 16.5. The van der Waals surface area contributed by atoms with E-state index in [0.717, 1.165) is 35.7 Å². The largest absolute Gasteiger partial charge is 0.444 e. The van der Waals surface area contributed by atoms with Crippen molar-refractivity contribution in [3.8, 4) is 11.3 Å². The molecule has 3 amide bonds. The normalized spacial score (nSPS) is 14.2. The first-order valence-corrected chi connectivity index (χ1v) is 16.3. The monoisotopic (exact) mass is 618 g/mol. The summed E-state index contributed by atoms with van der Waals surface area (Å²) in [7, 11) is 0. The number of nitrogens with zero attached hydrogens (tertiary/aromatic N) is 4. The van der Waals surface area contributed by atoms with E-state index in [9.17, 15) is 9.59 Å². The van der Waals surface area contributed by atoms with Crippen LogP contribution in [0.15, 0.2) is 66.9 Å². The van der Waals surface area contributed by atoms with E-state index in [1.165, 1.54) is 0 Å². The Balaban J connectivity index is 0.00000271. The lowest BCUT2D eigenvalue weighted by atomic mass is 9.84. The van der Waals surface area contributed by atoms with E-state index in [0.29, 0.717) is 39.1 Å². The molecule has 1 unspecified atom stereocenters. The Hall–Kier alpha value is -3.85. The third-order valence-electron chi connectivity index (χ3n) is 7.33. The summed E-state index contributed by atoms with van der Waals surface area (Å²) >= 11 is 0. The van der Waals surface area contributed by atoms with Crippen LogP contribution in [0.5, 0.6) is 0 Å². The van der Waals surface area contributed by atoms with Crippen LogP contribution in [0.1, 0.15) is 79.2 Å². The molecule has 246 valence electrons. The fraction of sp³-hybridized carbons (Fsp3) is 0.528. The van der Waals surface area contributed by atoms with E-state index in [1.54, 1.807) is 0 Å². The molecule has 45 heavy (non-hydrogen) atoms. The van der Waals surface area contributed by atoms with Crippen molar-refractivity contribution in [3.63, 3.8) is 0 Å². The van der Waals surface area contributed by atoms with Gasteiger partial charge in [0.15, 0.2) is 0 Å². The Labute approximate surface area is 270 Å². The molecule has 0 bridgehead atoms. The summed E-state index contributed by atoms with van der Waals surface area (Å²) in [5, 5.41) is 6.21. The second-order valence-electron chi connectivity index (χ2n) is 13.2. The first-order chi connectivity index (χ1) is 21.4. The molecule has 4 rings (SSSR count). The van der Waals surface area contributed by atoms with Crippen molar-refractivity contribution in [1.29, 1.82) is 0 Å². The quantitative estimate of drug-likeness (QED) is 0.253. The second-order valence-corrected chi connectivity index (χ2v) is 13.2. The van der Waals surface area contributed by atoms with Gasteiger partial charge in [0.05, 0.1) is 11.7 Å². The van der Waals surface area contributed by atoms with Crippen LogP contribution < -0.4 is 10.6 Å². The van der Waals surface area contributed by atoms with Crippen molar-refractivity contribution < 1.29 is 14.3 Å². The van der Waals surface area contributed by atoms with Gasteiger partial charge in [-0.05, 0) is 38.2 Å². The minimum absolute atomic E-state index is 0.00536. The molecular formula is C36H54N6O3. The van der Waals surface area contributed by atoms with Crippen molar-refractivity contribution in [2.75, 3.05) is 39.3 Å². The van der Waals surface area contributed by atoms with Crippen LogP contribution in [0.3, 0.4) is 0 Å². The fourth-order valence-electron chi connectivity index (χ4n) is 5.42. The molecule has 2 N–H and O–H groups in total. The number of hydrogen-bond donors (Lipinski definition) is 2. The molecule has 0 saturated carbocycles. The molecule has 0 spiro atoms. The number of ether oxygens (including phenoxy) is 1. The zero-order chi connectivity index (χ0) is 33.0. The van der Waals surface area contributed by atoms with Crippen molar-refractivity contribution in [2.45, 2.75) is 80.0 Å². The molecule has 9 nitrogen and oxygen atoms in total. The van der Waals surface area contributed by atoms with Crippen LogP contribution in [-0.4, -0.2) is 76.3 Å². The third kappa shape index (κ3) is 10.6. The Bertz CT molecular complexity index is 1320. The summed E-state index contributed by atoms with van der Waals surface area (Å²) < 4.78 is 7.62. The summed E-state index contributed by atoms with van der Waals surface area (Å²) in [5.74, 6) is 0.846. The zero-order valence-corrected chi connectivity index (χ0v) is 28.6.